The molecule has 4 heteroatoms. The van der Waals surface area contributed by atoms with Crippen molar-refractivity contribution in [3.05, 3.63) is 46.4 Å². The molecule has 3 rings (SSSR count). The summed E-state index contributed by atoms with van der Waals surface area (Å²) in [5.74, 6) is 0.0127. The normalized spacial score (nSPS) is 15.9. The van der Waals surface area contributed by atoms with E-state index < -0.39 is 0 Å². The first-order chi connectivity index (χ1) is 10.6. The van der Waals surface area contributed by atoms with E-state index in [4.69, 9.17) is 0 Å². The molecule has 1 fully saturated rings. The van der Waals surface area contributed by atoms with E-state index in [0.717, 1.165) is 18.2 Å². The van der Waals surface area contributed by atoms with Crippen molar-refractivity contribution in [1.29, 1.82) is 0 Å². The van der Waals surface area contributed by atoms with Crippen LogP contribution in [0.25, 0.3) is 10.8 Å². The highest BCUT2D eigenvalue weighted by atomic mass is 16.2. The van der Waals surface area contributed by atoms with Gasteiger partial charge in [-0.15, -0.1) is 0 Å². The summed E-state index contributed by atoms with van der Waals surface area (Å²) in [7, 11) is 3.59. The van der Waals surface area contributed by atoms with Gasteiger partial charge in [-0.25, -0.2) is 0 Å². The zero-order chi connectivity index (χ0) is 15.7. The lowest BCUT2D eigenvalue weighted by atomic mass is 9.94. The van der Waals surface area contributed by atoms with Crippen LogP contribution in [0.2, 0.25) is 0 Å². The number of aromatic nitrogens is 1. The van der Waals surface area contributed by atoms with Crippen molar-refractivity contribution in [1.82, 2.24) is 9.47 Å². The summed E-state index contributed by atoms with van der Waals surface area (Å²) >= 11 is 0. The highest BCUT2D eigenvalue weighted by molar-refractivity contribution is 6.06. The number of fused-ring (bicyclic) bond motifs is 1. The van der Waals surface area contributed by atoms with Gasteiger partial charge in [0.2, 0.25) is 0 Å². The SMILES string of the molecule is CN(C(=O)c1cn(C)c(=O)c2ccccc12)C1CCCCC1. The number of rotatable bonds is 2. The molecule has 1 saturated carbocycles. The molecule has 0 atom stereocenters. The molecular weight excluding hydrogens is 276 g/mol. The van der Waals surface area contributed by atoms with E-state index in [9.17, 15) is 9.59 Å². The zero-order valence-electron chi connectivity index (χ0n) is 13.2. The quantitative estimate of drug-likeness (QED) is 0.855. The number of carbonyl (C=O) groups is 1. The highest BCUT2D eigenvalue weighted by Crippen LogP contribution is 2.24. The molecule has 4 nitrogen and oxygen atoms in total. The van der Waals surface area contributed by atoms with Crippen LogP contribution in [0, 0.1) is 0 Å². The van der Waals surface area contributed by atoms with Gasteiger partial charge in [-0.3, -0.25) is 9.59 Å². The van der Waals surface area contributed by atoms with Crippen molar-refractivity contribution >= 4 is 16.7 Å². The van der Waals surface area contributed by atoms with Crippen LogP contribution in [-0.2, 0) is 7.05 Å². The Morgan fingerprint density at radius 1 is 1.14 bits per heavy atom. The fourth-order valence-corrected chi connectivity index (χ4v) is 3.41. The van der Waals surface area contributed by atoms with Gasteiger partial charge in [0.15, 0.2) is 0 Å². The lowest BCUT2D eigenvalue weighted by Gasteiger charge is -2.31. The fraction of sp³-hybridized carbons (Fsp3) is 0.444. The minimum atomic E-state index is -0.0625. The molecule has 0 aliphatic heterocycles. The molecule has 22 heavy (non-hydrogen) atoms. The Morgan fingerprint density at radius 3 is 2.45 bits per heavy atom. The Hall–Kier alpha value is -2.10. The first kappa shape index (κ1) is 14.8. The van der Waals surface area contributed by atoms with E-state index >= 15 is 0 Å². The average Bonchev–Trinajstić information content (AvgIpc) is 2.57. The van der Waals surface area contributed by atoms with Crippen molar-refractivity contribution in [3.8, 4) is 0 Å². The summed E-state index contributed by atoms with van der Waals surface area (Å²) in [6.45, 7) is 0. The third-order valence-corrected chi connectivity index (χ3v) is 4.76. The van der Waals surface area contributed by atoms with E-state index in [1.54, 1.807) is 19.3 Å². The number of aryl methyl sites for hydroxylation is 1. The van der Waals surface area contributed by atoms with Crippen LogP contribution in [0.4, 0.5) is 0 Å². The molecule has 1 aliphatic rings. The number of hydrogen-bond donors (Lipinski definition) is 0. The Labute approximate surface area is 130 Å². The van der Waals surface area contributed by atoms with Crippen molar-refractivity contribution in [3.63, 3.8) is 0 Å². The predicted molar refractivity (Wildman–Crippen MR) is 88.2 cm³/mol. The van der Waals surface area contributed by atoms with Crippen molar-refractivity contribution < 1.29 is 4.79 Å². The maximum absolute atomic E-state index is 12.9. The fourth-order valence-electron chi connectivity index (χ4n) is 3.41. The summed E-state index contributed by atoms with van der Waals surface area (Å²) in [5, 5.41) is 1.35. The molecule has 1 amide bonds. The van der Waals surface area contributed by atoms with Gasteiger partial charge in [-0.05, 0) is 18.9 Å². The average molecular weight is 298 g/mol. The largest absolute Gasteiger partial charge is 0.339 e. The molecule has 0 unspecified atom stereocenters. The van der Waals surface area contributed by atoms with Crippen LogP contribution < -0.4 is 5.56 Å². The number of benzene rings is 1. The van der Waals surface area contributed by atoms with Gasteiger partial charge in [0.1, 0.15) is 0 Å². The van der Waals surface area contributed by atoms with Crippen LogP contribution in [0.5, 0.6) is 0 Å². The summed E-state index contributed by atoms with van der Waals surface area (Å²) in [4.78, 5) is 27.0. The van der Waals surface area contributed by atoms with E-state index in [1.807, 2.05) is 30.1 Å². The Bertz CT molecular complexity index is 757. The van der Waals surface area contributed by atoms with E-state index in [-0.39, 0.29) is 11.5 Å². The topological polar surface area (TPSA) is 42.3 Å². The molecule has 1 aromatic carbocycles. The first-order valence-corrected chi connectivity index (χ1v) is 7.95. The minimum absolute atomic E-state index is 0.0127. The van der Waals surface area contributed by atoms with Gasteiger partial charge in [-0.1, -0.05) is 37.5 Å². The standard InChI is InChI=1S/C18H22N2O2/c1-19-12-16(14-10-6-7-11-15(14)17(19)21)18(22)20(2)13-8-4-3-5-9-13/h6-7,10-13H,3-5,8-9H2,1-2H3. The summed E-state index contributed by atoms with van der Waals surface area (Å²) in [5.41, 5.74) is 0.554. The van der Waals surface area contributed by atoms with Crippen LogP contribution in [0.15, 0.2) is 35.3 Å². The summed E-state index contributed by atoms with van der Waals surface area (Å²) in [6.07, 6.45) is 7.47. The molecule has 0 saturated heterocycles. The number of pyridine rings is 1. The molecule has 0 radical (unpaired) electrons. The summed E-state index contributed by atoms with van der Waals surface area (Å²) in [6, 6.07) is 7.67. The number of carbonyl (C=O) groups excluding carboxylic acids is 1. The Morgan fingerprint density at radius 2 is 1.77 bits per heavy atom. The zero-order valence-corrected chi connectivity index (χ0v) is 13.2. The lowest BCUT2D eigenvalue weighted by molar-refractivity contribution is 0.0697. The number of amides is 1. The second-order valence-corrected chi connectivity index (χ2v) is 6.21. The molecule has 116 valence electrons. The van der Waals surface area contributed by atoms with E-state index in [0.29, 0.717) is 17.0 Å². The van der Waals surface area contributed by atoms with Gasteiger partial charge >= 0.3 is 0 Å². The molecule has 1 heterocycles. The van der Waals surface area contributed by atoms with Crippen molar-refractivity contribution in [2.24, 2.45) is 7.05 Å². The van der Waals surface area contributed by atoms with Gasteiger partial charge in [-0.2, -0.15) is 0 Å². The van der Waals surface area contributed by atoms with Crippen LogP contribution in [-0.4, -0.2) is 28.5 Å². The van der Waals surface area contributed by atoms with Gasteiger partial charge < -0.3 is 9.47 Å². The minimum Gasteiger partial charge on any atom is -0.339 e. The van der Waals surface area contributed by atoms with Crippen LogP contribution >= 0.6 is 0 Å². The summed E-state index contributed by atoms with van der Waals surface area (Å²) < 4.78 is 1.50. The van der Waals surface area contributed by atoms with E-state index in [2.05, 4.69) is 0 Å². The maximum Gasteiger partial charge on any atom is 0.258 e. The van der Waals surface area contributed by atoms with Crippen molar-refractivity contribution in [2.45, 2.75) is 38.1 Å². The van der Waals surface area contributed by atoms with Gasteiger partial charge in [0, 0.05) is 37.1 Å². The van der Waals surface area contributed by atoms with Crippen LogP contribution in [0.3, 0.4) is 0 Å². The number of nitrogens with zero attached hydrogens (tertiary/aromatic N) is 2. The monoisotopic (exact) mass is 298 g/mol. The lowest BCUT2D eigenvalue weighted by Crippen LogP contribution is -2.38. The smallest absolute Gasteiger partial charge is 0.258 e. The van der Waals surface area contributed by atoms with E-state index in [1.165, 1.54) is 23.8 Å². The second kappa shape index (κ2) is 5.95. The molecule has 0 bridgehead atoms. The molecule has 2 aromatic rings. The molecule has 1 aromatic heterocycles. The van der Waals surface area contributed by atoms with Crippen molar-refractivity contribution in [2.75, 3.05) is 7.05 Å². The molecule has 1 aliphatic carbocycles. The predicted octanol–water partition coefficient (Wildman–Crippen LogP) is 2.94. The third-order valence-electron chi connectivity index (χ3n) is 4.76. The number of hydrogen-bond acceptors (Lipinski definition) is 2. The molecule has 0 spiro atoms. The van der Waals surface area contributed by atoms with Gasteiger partial charge in [0.05, 0.1) is 5.56 Å². The third kappa shape index (κ3) is 2.54. The maximum atomic E-state index is 12.9. The molecular formula is C18H22N2O2. The molecule has 0 N–H and O–H groups in total. The Kier molecular flexibility index (Phi) is 4.01. The van der Waals surface area contributed by atoms with Gasteiger partial charge in [0.25, 0.3) is 11.5 Å². The highest BCUT2D eigenvalue weighted by Gasteiger charge is 2.24. The Balaban J connectivity index is 2.04. The first-order valence-electron chi connectivity index (χ1n) is 7.95. The van der Waals surface area contributed by atoms with Crippen LogP contribution in [0.1, 0.15) is 42.5 Å². The second-order valence-electron chi connectivity index (χ2n) is 6.21.